The van der Waals surface area contributed by atoms with Crippen LogP contribution in [0.15, 0.2) is 41.3 Å². The van der Waals surface area contributed by atoms with E-state index in [-0.39, 0.29) is 16.2 Å². The van der Waals surface area contributed by atoms with Gasteiger partial charge in [-0.1, -0.05) is 0 Å². The minimum Gasteiger partial charge on any atom is -0.497 e. The van der Waals surface area contributed by atoms with Crippen LogP contribution in [0.3, 0.4) is 0 Å². The topological polar surface area (TPSA) is 94.2 Å². The van der Waals surface area contributed by atoms with Crippen molar-refractivity contribution in [2.75, 3.05) is 39.7 Å². The highest BCUT2D eigenvalue weighted by atomic mass is 32.2. The van der Waals surface area contributed by atoms with Crippen molar-refractivity contribution in [2.24, 2.45) is 0 Å². The zero-order valence-corrected chi connectivity index (χ0v) is 17.4. The Hall–Kier alpha value is -2.78. The third-order valence-electron chi connectivity index (χ3n) is 4.78. The molecule has 0 radical (unpaired) electrons. The highest BCUT2D eigenvalue weighted by molar-refractivity contribution is 7.89. The molecule has 1 saturated heterocycles. The molecule has 1 N–H and O–H groups in total. The number of carbonyl (C=O) groups is 1. The van der Waals surface area contributed by atoms with Crippen molar-refractivity contribution in [1.29, 1.82) is 0 Å². The lowest BCUT2D eigenvalue weighted by Crippen LogP contribution is -2.28. The van der Waals surface area contributed by atoms with E-state index in [1.54, 1.807) is 18.2 Å². The monoisotopic (exact) mass is 420 g/mol. The fourth-order valence-electron chi connectivity index (χ4n) is 3.19. The molecule has 2 aromatic carbocycles. The average molecular weight is 420 g/mol. The molecule has 0 saturated carbocycles. The smallest absolute Gasteiger partial charge is 0.259 e. The van der Waals surface area contributed by atoms with Crippen molar-refractivity contribution in [3.8, 4) is 17.2 Å². The SMILES string of the molecule is COc1ccc(NC(=O)c2cc(S(=O)(=O)N3CCCC3)ccc2OC)c(OC)c1. The van der Waals surface area contributed by atoms with Crippen LogP contribution in [-0.4, -0.2) is 53.0 Å². The number of nitrogens with one attached hydrogen (secondary N) is 1. The first kappa shape index (κ1) is 20.9. The summed E-state index contributed by atoms with van der Waals surface area (Å²) in [6, 6.07) is 9.26. The Labute approximate surface area is 170 Å². The molecule has 1 aliphatic heterocycles. The molecule has 29 heavy (non-hydrogen) atoms. The van der Waals surface area contributed by atoms with Gasteiger partial charge in [0.25, 0.3) is 5.91 Å². The third kappa shape index (κ3) is 4.30. The molecule has 9 heteroatoms. The molecular formula is C20H24N2O6S. The third-order valence-corrected chi connectivity index (χ3v) is 6.67. The molecule has 0 spiro atoms. The van der Waals surface area contributed by atoms with Crippen molar-refractivity contribution in [1.82, 2.24) is 4.31 Å². The zero-order chi connectivity index (χ0) is 21.0. The summed E-state index contributed by atoms with van der Waals surface area (Å²) in [5, 5.41) is 2.74. The number of rotatable bonds is 7. The second-order valence-electron chi connectivity index (χ2n) is 6.49. The Kier molecular flexibility index (Phi) is 6.29. The minimum atomic E-state index is -3.66. The lowest BCUT2D eigenvalue weighted by molar-refractivity contribution is 0.102. The molecule has 0 bridgehead atoms. The van der Waals surface area contributed by atoms with Crippen LogP contribution in [0.4, 0.5) is 5.69 Å². The summed E-state index contributed by atoms with van der Waals surface area (Å²) in [5.41, 5.74) is 0.541. The quantitative estimate of drug-likeness (QED) is 0.740. The van der Waals surface area contributed by atoms with Gasteiger partial charge >= 0.3 is 0 Å². The van der Waals surface area contributed by atoms with E-state index in [2.05, 4.69) is 5.32 Å². The van der Waals surface area contributed by atoms with Gasteiger partial charge in [0.05, 0.1) is 37.5 Å². The summed E-state index contributed by atoms with van der Waals surface area (Å²) in [5.74, 6) is 0.757. The predicted molar refractivity (Wildman–Crippen MR) is 108 cm³/mol. The lowest BCUT2D eigenvalue weighted by Gasteiger charge is -2.17. The average Bonchev–Trinajstić information content (AvgIpc) is 3.29. The first-order chi connectivity index (χ1) is 13.9. The van der Waals surface area contributed by atoms with E-state index in [1.165, 1.54) is 43.8 Å². The molecule has 0 aromatic heterocycles. The summed E-state index contributed by atoms with van der Waals surface area (Å²) in [4.78, 5) is 13.0. The Morgan fingerprint density at radius 1 is 0.931 bits per heavy atom. The molecule has 156 valence electrons. The molecule has 1 amide bonds. The van der Waals surface area contributed by atoms with E-state index < -0.39 is 15.9 Å². The van der Waals surface area contributed by atoms with E-state index in [4.69, 9.17) is 14.2 Å². The summed E-state index contributed by atoms with van der Waals surface area (Å²) in [6.45, 7) is 0.970. The number of nitrogens with zero attached hydrogens (tertiary/aromatic N) is 1. The fourth-order valence-corrected chi connectivity index (χ4v) is 4.74. The summed E-state index contributed by atoms with van der Waals surface area (Å²) >= 11 is 0. The first-order valence-electron chi connectivity index (χ1n) is 9.12. The molecule has 1 aliphatic rings. The summed E-state index contributed by atoms with van der Waals surface area (Å²) in [7, 11) is 0.780. The van der Waals surface area contributed by atoms with Gasteiger partial charge in [-0.15, -0.1) is 0 Å². The summed E-state index contributed by atoms with van der Waals surface area (Å²) in [6.07, 6.45) is 1.67. The molecule has 0 atom stereocenters. The molecule has 3 rings (SSSR count). The van der Waals surface area contributed by atoms with Gasteiger partial charge < -0.3 is 19.5 Å². The second-order valence-corrected chi connectivity index (χ2v) is 8.43. The molecule has 2 aromatic rings. The molecule has 8 nitrogen and oxygen atoms in total. The Morgan fingerprint density at radius 2 is 1.62 bits per heavy atom. The van der Waals surface area contributed by atoms with Crippen LogP contribution in [0.25, 0.3) is 0 Å². The largest absolute Gasteiger partial charge is 0.497 e. The van der Waals surface area contributed by atoms with Gasteiger partial charge in [-0.2, -0.15) is 4.31 Å². The number of ether oxygens (including phenoxy) is 3. The second kappa shape index (κ2) is 8.71. The van der Waals surface area contributed by atoms with Crippen LogP contribution in [0.2, 0.25) is 0 Å². The lowest BCUT2D eigenvalue weighted by atomic mass is 10.1. The number of benzene rings is 2. The zero-order valence-electron chi connectivity index (χ0n) is 16.6. The van der Waals surface area contributed by atoms with Crippen LogP contribution in [0.5, 0.6) is 17.2 Å². The van der Waals surface area contributed by atoms with Gasteiger partial charge in [-0.05, 0) is 43.2 Å². The Balaban J connectivity index is 1.94. The van der Waals surface area contributed by atoms with Crippen molar-refractivity contribution in [2.45, 2.75) is 17.7 Å². The van der Waals surface area contributed by atoms with Gasteiger partial charge in [-0.3, -0.25) is 4.79 Å². The van der Waals surface area contributed by atoms with Crippen molar-refractivity contribution in [3.63, 3.8) is 0 Å². The maximum atomic E-state index is 12.9. The van der Waals surface area contributed by atoms with E-state index in [0.29, 0.717) is 30.3 Å². The highest BCUT2D eigenvalue weighted by Crippen LogP contribution is 2.31. The van der Waals surface area contributed by atoms with Gasteiger partial charge in [0, 0.05) is 19.2 Å². The van der Waals surface area contributed by atoms with Gasteiger partial charge in [-0.25, -0.2) is 8.42 Å². The van der Waals surface area contributed by atoms with Crippen molar-refractivity contribution in [3.05, 3.63) is 42.0 Å². The minimum absolute atomic E-state index is 0.0621. The number of hydrogen-bond donors (Lipinski definition) is 1. The number of carbonyl (C=O) groups excluding carboxylic acids is 1. The van der Waals surface area contributed by atoms with Gasteiger partial charge in [0.15, 0.2) is 0 Å². The number of sulfonamides is 1. The number of hydrogen-bond acceptors (Lipinski definition) is 6. The van der Waals surface area contributed by atoms with Crippen molar-refractivity contribution >= 4 is 21.6 Å². The maximum absolute atomic E-state index is 12.9. The van der Waals surface area contributed by atoms with E-state index >= 15 is 0 Å². The highest BCUT2D eigenvalue weighted by Gasteiger charge is 2.28. The molecule has 0 unspecified atom stereocenters. The van der Waals surface area contributed by atoms with Gasteiger partial charge in [0.2, 0.25) is 10.0 Å². The van der Waals surface area contributed by atoms with Crippen molar-refractivity contribution < 1.29 is 27.4 Å². The molecular weight excluding hydrogens is 396 g/mol. The number of methoxy groups -OCH3 is 3. The Bertz CT molecular complexity index is 1000. The van der Waals surface area contributed by atoms with E-state index in [0.717, 1.165) is 12.8 Å². The Morgan fingerprint density at radius 3 is 2.24 bits per heavy atom. The maximum Gasteiger partial charge on any atom is 0.259 e. The number of anilines is 1. The van der Waals surface area contributed by atoms with E-state index in [9.17, 15) is 13.2 Å². The normalized spacial score (nSPS) is 14.4. The summed E-state index contributed by atoms with van der Waals surface area (Å²) < 4.78 is 42.9. The van der Waals surface area contributed by atoms with Crippen LogP contribution in [-0.2, 0) is 10.0 Å². The van der Waals surface area contributed by atoms with Gasteiger partial charge in [0.1, 0.15) is 17.2 Å². The standard InChI is InChI=1S/C20H24N2O6S/c1-26-14-6-8-17(19(12-14)28-3)21-20(23)16-13-15(7-9-18(16)27-2)29(24,25)22-10-4-5-11-22/h6-9,12-13H,4-5,10-11H2,1-3H3,(H,21,23). The fraction of sp³-hybridized carbons (Fsp3) is 0.350. The first-order valence-corrected chi connectivity index (χ1v) is 10.6. The van der Waals surface area contributed by atoms with Crippen LogP contribution < -0.4 is 19.5 Å². The molecule has 0 aliphatic carbocycles. The predicted octanol–water partition coefficient (Wildman–Crippen LogP) is 2.75. The van der Waals surface area contributed by atoms with Crippen LogP contribution in [0.1, 0.15) is 23.2 Å². The van der Waals surface area contributed by atoms with E-state index in [1.807, 2.05) is 0 Å². The number of amides is 1. The molecule has 1 heterocycles. The van der Waals surface area contributed by atoms with Crippen LogP contribution in [0, 0.1) is 0 Å². The van der Waals surface area contributed by atoms with Crippen LogP contribution >= 0.6 is 0 Å². The molecule has 1 fully saturated rings.